The zero-order valence-electron chi connectivity index (χ0n) is 17.5. The van der Waals surface area contributed by atoms with Gasteiger partial charge in [0.1, 0.15) is 0 Å². The molecule has 30 heavy (non-hydrogen) atoms. The molecule has 0 spiro atoms. The second kappa shape index (κ2) is 10.3. The lowest BCUT2D eigenvalue weighted by molar-refractivity contribution is 0.0756. The summed E-state index contributed by atoms with van der Waals surface area (Å²) in [4.78, 5) is 30.8. The molecule has 8 heteroatoms. The maximum Gasteiger partial charge on any atom is 0.254 e. The van der Waals surface area contributed by atoms with E-state index in [1.165, 1.54) is 4.88 Å². The van der Waals surface area contributed by atoms with Crippen molar-refractivity contribution in [1.82, 2.24) is 19.8 Å². The van der Waals surface area contributed by atoms with E-state index >= 15 is 0 Å². The minimum Gasteiger partial charge on any atom is -0.396 e. The number of piperazine rings is 1. The van der Waals surface area contributed by atoms with E-state index < -0.39 is 0 Å². The van der Waals surface area contributed by atoms with Gasteiger partial charge in [0, 0.05) is 74.4 Å². The minimum atomic E-state index is 0.143. The number of hydrogen-bond donors (Lipinski definition) is 1. The molecule has 0 aliphatic carbocycles. The fraction of sp³-hybridized carbons (Fsp3) is 0.591. The normalized spacial score (nSPS) is 17.8. The van der Waals surface area contributed by atoms with Crippen molar-refractivity contribution in [3.63, 3.8) is 0 Å². The maximum absolute atomic E-state index is 13.0. The van der Waals surface area contributed by atoms with Crippen LogP contribution in [-0.4, -0.2) is 83.2 Å². The molecule has 1 fully saturated rings. The first-order valence-electron chi connectivity index (χ1n) is 11.0. The van der Waals surface area contributed by atoms with E-state index in [0.717, 1.165) is 87.9 Å². The highest BCUT2D eigenvalue weighted by atomic mass is 32.1. The van der Waals surface area contributed by atoms with Crippen molar-refractivity contribution in [3.8, 4) is 0 Å². The number of carbonyl (C=O) groups excluding carboxylic acids is 1. The van der Waals surface area contributed by atoms with Crippen LogP contribution in [0.4, 0.5) is 5.95 Å². The van der Waals surface area contributed by atoms with Gasteiger partial charge in [0.25, 0.3) is 5.91 Å². The number of carbonyl (C=O) groups is 1. The van der Waals surface area contributed by atoms with E-state index in [9.17, 15) is 9.90 Å². The van der Waals surface area contributed by atoms with Gasteiger partial charge in [-0.15, -0.1) is 11.3 Å². The lowest BCUT2D eigenvalue weighted by atomic mass is 10.2. The number of thiophene rings is 1. The number of aryl methyl sites for hydroxylation is 1. The Hall–Kier alpha value is -2.03. The first-order chi connectivity index (χ1) is 14.7. The van der Waals surface area contributed by atoms with Gasteiger partial charge in [-0.25, -0.2) is 9.97 Å². The van der Waals surface area contributed by atoms with Crippen molar-refractivity contribution in [1.29, 1.82) is 0 Å². The molecule has 0 aromatic carbocycles. The van der Waals surface area contributed by atoms with Gasteiger partial charge in [0.15, 0.2) is 0 Å². The Balaban J connectivity index is 1.20. The molecule has 0 unspecified atom stereocenters. The third-order valence-corrected chi connectivity index (χ3v) is 7.18. The summed E-state index contributed by atoms with van der Waals surface area (Å²) in [6.07, 6.45) is 8.39. The number of anilines is 1. The fourth-order valence-corrected chi connectivity index (χ4v) is 5.45. The number of rotatable bonds is 8. The predicted octanol–water partition coefficient (Wildman–Crippen LogP) is 2.06. The average Bonchev–Trinajstić information content (AvgIpc) is 3.12. The van der Waals surface area contributed by atoms with Crippen LogP contribution in [0.3, 0.4) is 0 Å². The molecule has 0 bridgehead atoms. The van der Waals surface area contributed by atoms with E-state index in [-0.39, 0.29) is 12.5 Å². The molecule has 2 aliphatic rings. The molecule has 7 nitrogen and oxygen atoms in total. The van der Waals surface area contributed by atoms with Crippen LogP contribution in [0.2, 0.25) is 0 Å². The lowest BCUT2D eigenvalue weighted by Crippen LogP contribution is -2.47. The summed E-state index contributed by atoms with van der Waals surface area (Å²) in [5.41, 5.74) is 0.875. The van der Waals surface area contributed by atoms with Gasteiger partial charge in [0.2, 0.25) is 5.95 Å². The van der Waals surface area contributed by atoms with Crippen molar-refractivity contribution in [3.05, 3.63) is 39.8 Å². The van der Waals surface area contributed by atoms with Crippen molar-refractivity contribution in [2.75, 3.05) is 57.3 Å². The Morgan fingerprint density at radius 1 is 1.03 bits per heavy atom. The van der Waals surface area contributed by atoms with Crippen molar-refractivity contribution >= 4 is 23.2 Å². The Kier molecular flexibility index (Phi) is 7.30. The predicted molar refractivity (Wildman–Crippen MR) is 119 cm³/mol. The molecule has 4 heterocycles. The monoisotopic (exact) mass is 429 g/mol. The lowest BCUT2D eigenvalue weighted by Gasteiger charge is -2.34. The molecule has 1 saturated heterocycles. The Morgan fingerprint density at radius 2 is 1.80 bits per heavy atom. The van der Waals surface area contributed by atoms with Gasteiger partial charge in [0.05, 0.1) is 5.56 Å². The van der Waals surface area contributed by atoms with Gasteiger partial charge in [-0.2, -0.15) is 0 Å². The van der Waals surface area contributed by atoms with Crippen LogP contribution in [0.25, 0.3) is 0 Å². The van der Waals surface area contributed by atoms with Crippen LogP contribution < -0.4 is 4.90 Å². The van der Waals surface area contributed by atoms with Crippen molar-refractivity contribution in [2.45, 2.75) is 32.1 Å². The third kappa shape index (κ3) is 5.17. The van der Waals surface area contributed by atoms with E-state index in [1.54, 1.807) is 23.7 Å². The first kappa shape index (κ1) is 21.2. The Bertz CT molecular complexity index is 820. The summed E-state index contributed by atoms with van der Waals surface area (Å²) in [5, 5.41) is 9.18. The smallest absolute Gasteiger partial charge is 0.254 e. The molecule has 0 radical (unpaired) electrons. The van der Waals surface area contributed by atoms with Crippen molar-refractivity contribution in [2.24, 2.45) is 0 Å². The number of unbranched alkanes of at least 4 members (excludes halogenated alkanes) is 1. The summed E-state index contributed by atoms with van der Waals surface area (Å²) >= 11 is 1.70. The summed E-state index contributed by atoms with van der Waals surface area (Å²) in [5.74, 6) is 1.01. The molecule has 0 saturated carbocycles. The van der Waals surface area contributed by atoms with E-state index in [4.69, 9.17) is 0 Å². The second-order valence-corrected chi connectivity index (χ2v) is 9.22. The van der Waals surface area contributed by atoms with Gasteiger partial charge >= 0.3 is 0 Å². The van der Waals surface area contributed by atoms with Crippen molar-refractivity contribution < 1.29 is 9.90 Å². The highest BCUT2D eigenvalue weighted by Crippen LogP contribution is 2.28. The van der Waals surface area contributed by atoms with Crippen LogP contribution in [0.15, 0.2) is 24.5 Å². The quantitative estimate of drug-likeness (QED) is 0.648. The molecule has 2 aromatic heterocycles. The molecular weight excluding hydrogens is 398 g/mol. The Labute approximate surface area is 182 Å². The molecule has 1 N–H and O–H groups in total. The van der Waals surface area contributed by atoms with Crippen LogP contribution in [0.1, 0.15) is 39.4 Å². The van der Waals surface area contributed by atoms with Gasteiger partial charge in [-0.05, 0) is 44.4 Å². The molecule has 2 aromatic rings. The average molecular weight is 430 g/mol. The molecule has 1 amide bonds. The maximum atomic E-state index is 13.0. The molecular formula is C22H31N5O2S. The van der Waals surface area contributed by atoms with Crippen LogP contribution >= 0.6 is 11.3 Å². The number of aromatic nitrogens is 2. The number of aliphatic hydroxyl groups excluding tert-OH is 1. The van der Waals surface area contributed by atoms with Crippen LogP contribution in [-0.2, 0) is 12.8 Å². The standard InChI is InChI=1S/C22H31N5O2S/c28-16-6-18-17-19-20(30-18)5-3-11-26(21(19)29)10-2-1-9-25-12-14-27(15-13-25)22-23-7-4-8-24-22/h4,7-8,17,28H,1-3,5-6,9-16H2. The highest BCUT2D eigenvalue weighted by Gasteiger charge is 2.24. The van der Waals surface area contributed by atoms with E-state index in [1.807, 2.05) is 17.0 Å². The zero-order chi connectivity index (χ0) is 20.8. The van der Waals surface area contributed by atoms with Gasteiger partial charge < -0.3 is 14.9 Å². The number of fused-ring (bicyclic) bond motifs is 1. The topological polar surface area (TPSA) is 72.8 Å². The minimum absolute atomic E-state index is 0.143. The van der Waals surface area contributed by atoms with Gasteiger partial charge in [-0.3, -0.25) is 9.69 Å². The first-order valence-corrected chi connectivity index (χ1v) is 11.8. The van der Waals surface area contributed by atoms with Crippen LogP contribution in [0.5, 0.6) is 0 Å². The van der Waals surface area contributed by atoms with Crippen LogP contribution in [0, 0.1) is 0 Å². The van der Waals surface area contributed by atoms with Gasteiger partial charge in [-0.1, -0.05) is 0 Å². The van der Waals surface area contributed by atoms with E-state index in [2.05, 4.69) is 19.8 Å². The molecule has 162 valence electrons. The highest BCUT2D eigenvalue weighted by molar-refractivity contribution is 7.12. The molecule has 0 atom stereocenters. The molecule has 2 aliphatic heterocycles. The third-order valence-electron chi connectivity index (χ3n) is 5.93. The molecule has 4 rings (SSSR count). The largest absolute Gasteiger partial charge is 0.396 e. The zero-order valence-corrected chi connectivity index (χ0v) is 18.3. The Morgan fingerprint density at radius 3 is 2.57 bits per heavy atom. The summed E-state index contributed by atoms with van der Waals surface area (Å²) in [6.45, 7) is 6.91. The number of aliphatic hydroxyl groups is 1. The SMILES string of the molecule is O=C1c2cc(CCO)sc2CCCN1CCCCN1CCN(c2ncccn2)CC1. The number of nitrogens with zero attached hydrogens (tertiary/aromatic N) is 5. The second-order valence-electron chi connectivity index (χ2n) is 8.00. The summed E-state index contributed by atoms with van der Waals surface area (Å²) in [6, 6.07) is 3.86. The summed E-state index contributed by atoms with van der Waals surface area (Å²) in [7, 11) is 0. The number of amides is 1. The van der Waals surface area contributed by atoms with E-state index in [0.29, 0.717) is 6.42 Å². The number of hydrogen-bond acceptors (Lipinski definition) is 7. The fourth-order valence-electron chi connectivity index (χ4n) is 4.26. The summed E-state index contributed by atoms with van der Waals surface area (Å²) < 4.78 is 0.